The summed E-state index contributed by atoms with van der Waals surface area (Å²) in [5.41, 5.74) is 0. The van der Waals surface area contributed by atoms with Crippen LogP contribution in [0.15, 0.2) is 0 Å². The van der Waals surface area contributed by atoms with E-state index in [1.165, 1.54) is 32.1 Å². The molecule has 0 spiro atoms. The summed E-state index contributed by atoms with van der Waals surface area (Å²) >= 11 is 0. The van der Waals surface area contributed by atoms with Crippen molar-refractivity contribution in [1.82, 2.24) is 15.5 Å². The molecule has 1 aliphatic heterocycles. The van der Waals surface area contributed by atoms with E-state index in [1.54, 1.807) is 0 Å². The Kier molecular flexibility index (Phi) is 4.03. The smallest absolute Gasteiger partial charge is 0.315 e. The molecular weight excluding hydrogens is 278 g/mol. The number of aliphatic hydroxyl groups is 1. The molecule has 2 amide bonds. The van der Waals surface area contributed by atoms with E-state index in [0.717, 1.165) is 32.0 Å². The normalized spacial score (nSPS) is 39.1. The zero-order valence-corrected chi connectivity index (χ0v) is 13.3. The number of hydrogen-bond acceptors (Lipinski definition) is 3. The number of nitrogens with zero attached hydrogens (tertiary/aromatic N) is 1. The zero-order chi connectivity index (χ0) is 15.1. The number of urea groups is 1. The Morgan fingerprint density at radius 3 is 2.41 bits per heavy atom. The lowest BCUT2D eigenvalue weighted by molar-refractivity contribution is 0.142. The van der Waals surface area contributed by atoms with Crippen LogP contribution in [-0.4, -0.2) is 53.9 Å². The third-order valence-corrected chi connectivity index (χ3v) is 6.53. The first kappa shape index (κ1) is 14.8. The molecule has 3 saturated carbocycles. The SMILES string of the molecule is O=C(NC1CCN(C2CC2)CC1)NC1C2CCC(C2)C1CO. The van der Waals surface area contributed by atoms with Gasteiger partial charge in [-0.2, -0.15) is 0 Å². The molecule has 0 aromatic carbocycles. The minimum Gasteiger partial charge on any atom is -0.396 e. The molecule has 5 nitrogen and oxygen atoms in total. The van der Waals surface area contributed by atoms with Gasteiger partial charge >= 0.3 is 6.03 Å². The Balaban J connectivity index is 1.24. The van der Waals surface area contributed by atoms with Crippen LogP contribution in [0.2, 0.25) is 0 Å². The molecule has 4 aliphatic rings. The fourth-order valence-electron chi connectivity index (χ4n) is 5.13. The Morgan fingerprint density at radius 1 is 1.00 bits per heavy atom. The number of nitrogens with one attached hydrogen (secondary N) is 2. The molecule has 0 aromatic rings. The number of hydrogen-bond donors (Lipinski definition) is 3. The summed E-state index contributed by atoms with van der Waals surface area (Å²) in [6.07, 6.45) is 8.52. The van der Waals surface area contributed by atoms with Crippen molar-refractivity contribution in [3.05, 3.63) is 0 Å². The van der Waals surface area contributed by atoms with Crippen LogP contribution in [0.25, 0.3) is 0 Å². The number of piperidine rings is 1. The van der Waals surface area contributed by atoms with E-state index in [4.69, 9.17) is 0 Å². The average molecular weight is 307 g/mol. The predicted molar refractivity (Wildman–Crippen MR) is 84.5 cm³/mol. The minimum absolute atomic E-state index is 0.0131. The molecule has 4 unspecified atom stereocenters. The summed E-state index contributed by atoms with van der Waals surface area (Å²) in [5, 5.41) is 16.0. The second-order valence-electron chi connectivity index (χ2n) is 7.86. The number of likely N-dealkylation sites (tertiary alicyclic amines) is 1. The Bertz CT molecular complexity index is 418. The van der Waals surface area contributed by atoms with Gasteiger partial charge in [-0.3, -0.25) is 0 Å². The van der Waals surface area contributed by atoms with E-state index >= 15 is 0 Å². The zero-order valence-electron chi connectivity index (χ0n) is 13.3. The highest BCUT2D eigenvalue weighted by molar-refractivity contribution is 5.74. The number of rotatable bonds is 4. The largest absolute Gasteiger partial charge is 0.396 e. The van der Waals surface area contributed by atoms with Gasteiger partial charge in [-0.25, -0.2) is 4.79 Å². The van der Waals surface area contributed by atoms with Gasteiger partial charge in [-0.1, -0.05) is 0 Å². The van der Waals surface area contributed by atoms with Gasteiger partial charge in [-0.15, -0.1) is 0 Å². The van der Waals surface area contributed by atoms with Crippen molar-refractivity contribution >= 4 is 6.03 Å². The van der Waals surface area contributed by atoms with Crippen molar-refractivity contribution in [2.45, 2.75) is 63.1 Å². The van der Waals surface area contributed by atoms with Gasteiger partial charge in [0, 0.05) is 43.7 Å². The molecule has 4 atom stereocenters. The van der Waals surface area contributed by atoms with Gasteiger partial charge in [0.15, 0.2) is 0 Å². The first-order valence-electron chi connectivity index (χ1n) is 9.16. The van der Waals surface area contributed by atoms with Crippen LogP contribution >= 0.6 is 0 Å². The number of aliphatic hydroxyl groups excluding tert-OH is 1. The molecule has 0 radical (unpaired) electrons. The van der Waals surface area contributed by atoms with Gasteiger partial charge in [0.2, 0.25) is 0 Å². The quantitative estimate of drug-likeness (QED) is 0.734. The Labute approximate surface area is 132 Å². The van der Waals surface area contributed by atoms with E-state index in [0.29, 0.717) is 17.9 Å². The lowest BCUT2D eigenvalue weighted by Gasteiger charge is -2.34. The highest BCUT2D eigenvalue weighted by atomic mass is 16.3. The first-order chi connectivity index (χ1) is 10.7. The summed E-state index contributed by atoms with van der Waals surface area (Å²) in [5.74, 6) is 1.49. The molecule has 22 heavy (non-hydrogen) atoms. The lowest BCUT2D eigenvalue weighted by Crippen LogP contribution is -2.53. The number of carbonyl (C=O) groups excluding carboxylic acids is 1. The minimum atomic E-state index is -0.0131. The molecule has 1 saturated heterocycles. The van der Waals surface area contributed by atoms with E-state index < -0.39 is 0 Å². The van der Waals surface area contributed by atoms with Crippen molar-refractivity contribution in [3.8, 4) is 0 Å². The monoisotopic (exact) mass is 307 g/mol. The average Bonchev–Trinajstić information content (AvgIpc) is 3.18. The third-order valence-electron chi connectivity index (χ3n) is 6.53. The predicted octanol–water partition coefficient (Wildman–Crippen LogP) is 1.32. The molecule has 1 heterocycles. The third kappa shape index (κ3) is 2.85. The molecule has 5 heteroatoms. The maximum Gasteiger partial charge on any atom is 0.315 e. The summed E-state index contributed by atoms with van der Waals surface area (Å²) in [6.45, 7) is 2.47. The first-order valence-corrected chi connectivity index (χ1v) is 9.16. The molecular formula is C17H29N3O2. The van der Waals surface area contributed by atoms with Crippen molar-refractivity contribution < 1.29 is 9.90 Å². The van der Waals surface area contributed by atoms with Crippen LogP contribution in [-0.2, 0) is 0 Å². The van der Waals surface area contributed by atoms with Crippen molar-refractivity contribution in [2.24, 2.45) is 17.8 Å². The van der Waals surface area contributed by atoms with Crippen LogP contribution in [0, 0.1) is 17.8 Å². The van der Waals surface area contributed by atoms with Crippen LogP contribution < -0.4 is 10.6 Å². The van der Waals surface area contributed by atoms with Crippen LogP contribution in [0.4, 0.5) is 4.79 Å². The van der Waals surface area contributed by atoms with Crippen LogP contribution in [0.1, 0.15) is 44.9 Å². The van der Waals surface area contributed by atoms with Crippen molar-refractivity contribution in [1.29, 1.82) is 0 Å². The Hall–Kier alpha value is -0.810. The van der Waals surface area contributed by atoms with E-state index in [9.17, 15) is 9.90 Å². The summed E-state index contributed by atoms with van der Waals surface area (Å²) in [4.78, 5) is 14.9. The molecule has 124 valence electrons. The number of amides is 2. The van der Waals surface area contributed by atoms with Gasteiger partial charge in [0.25, 0.3) is 0 Å². The summed E-state index contributed by atoms with van der Waals surface area (Å²) in [6, 6.07) is 1.34. The topological polar surface area (TPSA) is 64.6 Å². The standard InChI is InChI=1S/C17H29N3O2/c21-10-15-11-1-2-12(9-11)16(15)19-17(22)18-13-5-7-20(8-6-13)14-3-4-14/h11-16,21H,1-10H2,(H2,18,19,22). The molecule has 0 aromatic heterocycles. The molecule has 2 bridgehead atoms. The van der Waals surface area contributed by atoms with E-state index in [-0.39, 0.29) is 24.6 Å². The highest BCUT2D eigenvalue weighted by Crippen LogP contribution is 2.48. The fraction of sp³-hybridized carbons (Fsp3) is 0.941. The van der Waals surface area contributed by atoms with E-state index in [1.807, 2.05) is 0 Å². The summed E-state index contributed by atoms with van der Waals surface area (Å²) in [7, 11) is 0. The van der Waals surface area contributed by atoms with Gasteiger partial charge < -0.3 is 20.6 Å². The highest BCUT2D eigenvalue weighted by Gasteiger charge is 2.47. The number of fused-ring (bicyclic) bond motifs is 2. The molecule has 3 aliphatic carbocycles. The summed E-state index contributed by atoms with van der Waals surface area (Å²) < 4.78 is 0. The van der Waals surface area contributed by atoms with E-state index in [2.05, 4.69) is 15.5 Å². The second kappa shape index (κ2) is 6.00. The van der Waals surface area contributed by atoms with Crippen molar-refractivity contribution in [3.63, 3.8) is 0 Å². The maximum atomic E-state index is 12.3. The fourth-order valence-corrected chi connectivity index (χ4v) is 5.13. The van der Waals surface area contributed by atoms with Crippen LogP contribution in [0.5, 0.6) is 0 Å². The van der Waals surface area contributed by atoms with Crippen molar-refractivity contribution in [2.75, 3.05) is 19.7 Å². The lowest BCUT2D eigenvalue weighted by atomic mass is 9.85. The van der Waals surface area contributed by atoms with Gasteiger partial charge in [-0.05, 0) is 56.8 Å². The maximum absolute atomic E-state index is 12.3. The molecule has 4 rings (SSSR count). The molecule has 4 fully saturated rings. The van der Waals surface area contributed by atoms with Crippen LogP contribution in [0.3, 0.4) is 0 Å². The van der Waals surface area contributed by atoms with Gasteiger partial charge in [0.05, 0.1) is 0 Å². The Morgan fingerprint density at radius 2 is 1.73 bits per heavy atom. The molecule has 3 N–H and O–H groups in total. The van der Waals surface area contributed by atoms with Gasteiger partial charge in [0.1, 0.15) is 0 Å². The number of carbonyl (C=O) groups is 1. The second-order valence-corrected chi connectivity index (χ2v) is 7.86.